The SMILES string of the molecule is COC[C@@H](C)NC(=O)Nc1ccccc1CN1CCSCC1. The highest BCUT2D eigenvalue weighted by molar-refractivity contribution is 7.99. The number of carbonyl (C=O) groups is 1. The van der Waals surface area contributed by atoms with Crippen molar-refractivity contribution in [1.29, 1.82) is 0 Å². The van der Waals surface area contributed by atoms with Gasteiger partial charge in [0, 0.05) is 43.9 Å². The van der Waals surface area contributed by atoms with E-state index in [-0.39, 0.29) is 12.1 Å². The monoisotopic (exact) mass is 323 g/mol. The number of anilines is 1. The predicted molar refractivity (Wildman–Crippen MR) is 92.5 cm³/mol. The van der Waals surface area contributed by atoms with E-state index in [0.29, 0.717) is 6.61 Å². The van der Waals surface area contributed by atoms with Gasteiger partial charge in [-0.25, -0.2) is 4.79 Å². The van der Waals surface area contributed by atoms with E-state index in [0.717, 1.165) is 30.9 Å². The Morgan fingerprint density at radius 3 is 2.82 bits per heavy atom. The minimum Gasteiger partial charge on any atom is -0.383 e. The molecule has 1 aliphatic heterocycles. The summed E-state index contributed by atoms with van der Waals surface area (Å²) in [4.78, 5) is 14.5. The van der Waals surface area contributed by atoms with Crippen molar-refractivity contribution in [2.75, 3.05) is 43.6 Å². The van der Waals surface area contributed by atoms with Gasteiger partial charge in [0.1, 0.15) is 0 Å². The molecule has 0 aliphatic carbocycles. The maximum absolute atomic E-state index is 12.0. The molecule has 1 saturated heterocycles. The number of methoxy groups -OCH3 is 1. The Kier molecular flexibility index (Phi) is 7.02. The largest absolute Gasteiger partial charge is 0.383 e. The Morgan fingerprint density at radius 1 is 1.36 bits per heavy atom. The van der Waals surface area contributed by atoms with Gasteiger partial charge in [-0.2, -0.15) is 11.8 Å². The Balaban J connectivity index is 1.94. The van der Waals surface area contributed by atoms with Crippen LogP contribution < -0.4 is 10.6 Å². The molecule has 1 heterocycles. The van der Waals surface area contributed by atoms with Crippen molar-refractivity contribution >= 4 is 23.5 Å². The molecule has 1 aliphatic rings. The fraction of sp³-hybridized carbons (Fsp3) is 0.562. The van der Waals surface area contributed by atoms with Gasteiger partial charge in [0.05, 0.1) is 12.6 Å². The van der Waals surface area contributed by atoms with Crippen LogP contribution in [0.1, 0.15) is 12.5 Å². The summed E-state index contributed by atoms with van der Waals surface area (Å²) in [7, 11) is 1.63. The molecule has 122 valence electrons. The molecular formula is C16H25N3O2S. The molecule has 0 bridgehead atoms. The van der Waals surface area contributed by atoms with E-state index in [4.69, 9.17) is 4.74 Å². The maximum atomic E-state index is 12.0. The van der Waals surface area contributed by atoms with Crippen molar-refractivity contribution in [3.05, 3.63) is 29.8 Å². The standard InChI is InChI=1S/C16H25N3O2S/c1-13(12-21-2)17-16(20)18-15-6-4-3-5-14(15)11-19-7-9-22-10-8-19/h3-6,13H,7-12H2,1-2H3,(H2,17,18,20)/t13-/m1/s1. The third-order valence-electron chi connectivity index (χ3n) is 3.56. The number of amides is 2. The number of carbonyl (C=O) groups excluding carboxylic acids is 1. The summed E-state index contributed by atoms with van der Waals surface area (Å²) in [6, 6.07) is 7.79. The number of rotatable bonds is 6. The Hall–Kier alpha value is -1.24. The van der Waals surface area contributed by atoms with E-state index in [1.165, 1.54) is 11.5 Å². The van der Waals surface area contributed by atoms with Crippen LogP contribution in [0.15, 0.2) is 24.3 Å². The van der Waals surface area contributed by atoms with Crippen LogP contribution in [0.4, 0.5) is 10.5 Å². The van der Waals surface area contributed by atoms with Crippen molar-refractivity contribution < 1.29 is 9.53 Å². The Morgan fingerprint density at radius 2 is 2.09 bits per heavy atom. The number of urea groups is 1. The van der Waals surface area contributed by atoms with E-state index in [1.54, 1.807) is 7.11 Å². The highest BCUT2D eigenvalue weighted by atomic mass is 32.2. The van der Waals surface area contributed by atoms with Crippen LogP contribution in [0.25, 0.3) is 0 Å². The van der Waals surface area contributed by atoms with Crippen LogP contribution in [0.2, 0.25) is 0 Å². The summed E-state index contributed by atoms with van der Waals surface area (Å²) in [5, 5.41) is 5.82. The van der Waals surface area contributed by atoms with Gasteiger partial charge < -0.3 is 15.4 Å². The first kappa shape index (κ1) is 17.1. The van der Waals surface area contributed by atoms with Crippen LogP contribution in [0, 0.1) is 0 Å². The molecule has 0 aromatic heterocycles. The van der Waals surface area contributed by atoms with Crippen LogP contribution in [0.3, 0.4) is 0 Å². The summed E-state index contributed by atoms with van der Waals surface area (Å²) >= 11 is 2.00. The molecule has 1 fully saturated rings. The fourth-order valence-corrected chi connectivity index (χ4v) is 3.43. The van der Waals surface area contributed by atoms with Gasteiger partial charge in [-0.15, -0.1) is 0 Å². The van der Waals surface area contributed by atoms with Crippen LogP contribution >= 0.6 is 11.8 Å². The smallest absolute Gasteiger partial charge is 0.319 e. The Bertz CT molecular complexity index is 478. The third kappa shape index (κ3) is 5.51. The van der Waals surface area contributed by atoms with Crippen molar-refractivity contribution in [3.63, 3.8) is 0 Å². The molecular weight excluding hydrogens is 298 g/mol. The second-order valence-corrected chi connectivity index (χ2v) is 6.73. The first-order valence-electron chi connectivity index (χ1n) is 7.63. The molecule has 5 nitrogen and oxygen atoms in total. The van der Waals surface area contributed by atoms with Gasteiger partial charge in [-0.05, 0) is 18.6 Å². The summed E-state index contributed by atoms with van der Waals surface area (Å²) in [6.07, 6.45) is 0. The zero-order valence-corrected chi connectivity index (χ0v) is 14.1. The minimum absolute atomic E-state index is 0.0173. The molecule has 22 heavy (non-hydrogen) atoms. The number of nitrogens with zero attached hydrogens (tertiary/aromatic N) is 1. The van der Waals surface area contributed by atoms with Crippen molar-refractivity contribution in [3.8, 4) is 0 Å². The van der Waals surface area contributed by atoms with E-state index in [2.05, 4.69) is 21.6 Å². The quantitative estimate of drug-likeness (QED) is 0.844. The number of hydrogen-bond acceptors (Lipinski definition) is 4. The number of thioether (sulfide) groups is 1. The summed E-state index contributed by atoms with van der Waals surface area (Å²) in [6.45, 7) is 5.51. The molecule has 0 saturated carbocycles. The van der Waals surface area contributed by atoms with Crippen LogP contribution in [-0.4, -0.2) is 55.3 Å². The van der Waals surface area contributed by atoms with Crippen molar-refractivity contribution in [1.82, 2.24) is 10.2 Å². The normalized spacial score (nSPS) is 17.0. The Labute approximate surface area is 136 Å². The maximum Gasteiger partial charge on any atom is 0.319 e. The van der Waals surface area contributed by atoms with E-state index in [9.17, 15) is 4.79 Å². The highest BCUT2D eigenvalue weighted by Crippen LogP contribution is 2.19. The lowest BCUT2D eigenvalue weighted by Gasteiger charge is -2.27. The van der Waals surface area contributed by atoms with Gasteiger partial charge >= 0.3 is 6.03 Å². The van der Waals surface area contributed by atoms with Gasteiger partial charge in [0.25, 0.3) is 0 Å². The topological polar surface area (TPSA) is 53.6 Å². The fourth-order valence-electron chi connectivity index (χ4n) is 2.45. The molecule has 0 unspecified atom stereocenters. The molecule has 1 aromatic carbocycles. The lowest BCUT2D eigenvalue weighted by atomic mass is 10.1. The lowest BCUT2D eigenvalue weighted by molar-refractivity contribution is 0.173. The van der Waals surface area contributed by atoms with Gasteiger partial charge in [0.15, 0.2) is 0 Å². The van der Waals surface area contributed by atoms with Crippen LogP contribution in [-0.2, 0) is 11.3 Å². The lowest BCUT2D eigenvalue weighted by Crippen LogP contribution is -2.39. The summed E-state index contributed by atoms with van der Waals surface area (Å²) in [5.41, 5.74) is 2.03. The minimum atomic E-state index is -0.189. The highest BCUT2D eigenvalue weighted by Gasteiger charge is 2.14. The molecule has 2 rings (SSSR count). The first-order chi connectivity index (χ1) is 10.7. The molecule has 6 heteroatoms. The first-order valence-corrected chi connectivity index (χ1v) is 8.79. The van der Waals surface area contributed by atoms with Crippen molar-refractivity contribution in [2.24, 2.45) is 0 Å². The van der Waals surface area contributed by atoms with Gasteiger partial charge in [-0.1, -0.05) is 18.2 Å². The number of benzene rings is 1. The number of nitrogens with one attached hydrogen (secondary N) is 2. The third-order valence-corrected chi connectivity index (χ3v) is 4.50. The van der Waals surface area contributed by atoms with Crippen LogP contribution in [0.5, 0.6) is 0 Å². The zero-order valence-electron chi connectivity index (χ0n) is 13.3. The second kappa shape index (κ2) is 9.02. The summed E-state index contributed by atoms with van der Waals surface area (Å²) in [5.74, 6) is 2.37. The molecule has 2 amide bonds. The zero-order chi connectivity index (χ0) is 15.8. The van der Waals surface area contributed by atoms with Gasteiger partial charge in [-0.3, -0.25) is 4.90 Å². The molecule has 0 spiro atoms. The van der Waals surface area contributed by atoms with E-state index < -0.39 is 0 Å². The van der Waals surface area contributed by atoms with Gasteiger partial charge in [0.2, 0.25) is 0 Å². The average molecular weight is 323 g/mol. The molecule has 2 N–H and O–H groups in total. The average Bonchev–Trinajstić information content (AvgIpc) is 2.50. The van der Waals surface area contributed by atoms with Crippen molar-refractivity contribution in [2.45, 2.75) is 19.5 Å². The summed E-state index contributed by atoms with van der Waals surface area (Å²) < 4.78 is 5.03. The molecule has 1 aromatic rings. The van der Waals surface area contributed by atoms with E-state index >= 15 is 0 Å². The number of para-hydroxylation sites is 1. The molecule has 1 atom stereocenters. The van der Waals surface area contributed by atoms with E-state index in [1.807, 2.05) is 36.9 Å². The number of hydrogen-bond donors (Lipinski definition) is 2. The molecule has 0 radical (unpaired) electrons. The predicted octanol–water partition coefficient (Wildman–Crippen LogP) is 2.39. The number of ether oxygens (including phenoxy) is 1. The second-order valence-electron chi connectivity index (χ2n) is 5.50.